The maximum atomic E-state index is 14.0. The SMILES string of the molecule is CN(c1nnc(-c2cc(Cl)ccc2F)cc1C(=O)O)C1CCOC1.O=C(O)C(F)(F)F. The fourth-order valence-electron chi connectivity index (χ4n) is 2.63. The number of carboxylic acid groups (broad SMARTS) is 2. The van der Waals surface area contributed by atoms with Crippen LogP contribution in [0.5, 0.6) is 0 Å². The molecule has 168 valence electrons. The summed E-state index contributed by atoms with van der Waals surface area (Å²) in [7, 11) is 1.75. The van der Waals surface area contributed by atoms with Crippen molar-refractivity contribution in [3.8, 4) is 11.3 Å². The summed E-state index contributed by atoms with van der Waals surface area (Å²) >= 11 is 5.88. The minimum absolute atomic E-state index is 0.0335. The number of rotatable bonds is 4. The molecule has 2 heterocycles. The van der Waals surface area contributed by atoms with Crippen LogP contribution in [0.1, 0.15) is 16.8 Å². The Morgan fingerprint density at radius 1 is 1.23 bits per heavy atom. The van der Waals surface area contributed by atoms with Crippen LogP contribution < -0.4 is 4.90 Å². The summed E-state index contributed by atoms with van der Waals surface area (Å²) in [5.41, 5.74) is 0.178. The number of aliphatic carboxylic acids is 1. The molecule has 0 spiro atoms. The molecule has 1 aliphatic rings. The highest BCUT2D eigenvalue weighted by Gasteiger charge is 2.38. The van der Waals surface area contributed by atoms with Gasteiger partial charge in [0.25, 0.3) is 0 Å². The summed E-state index contributed by atoms with van der Waals surface area (Å²) in [4.78, 5) is 22.3. The number of ether oxygens (including phenoxy) is 1. The predicted molar refractivity (Wildman–Crippen MR) is 101 cm³/mol. The van der Waals surface area contributed by atoms with E-state index >= 15 is 0 Å². The van der Waals surface area contributed by atoms with E-state index in [0.717, 1.165) is 6.42 Å². The molecule has 1 saturated heterocycles. The van der Waals surface area contributed by atoms with Crippen molar-refractivity contribution >= 4 is 29.4 Å². The minimum atomic E-state index is -5.08. The molecule has 0 radical (unpaired) electrons. The second kappa shape index (κ2) is 9.88. The number of nitrogens with zero attached hydrogens (tertiary/aromatic N) is 3. The fraction of sp³-hybridized carbons (Fsp3) is 0.333. The van der Waals surface area contributed by atoms with Gasteiger partial charge in [-0.25, -0.2) is 14.0 Å². The van der Waals surface area contributed by atoms with Gasteiger partial charge < -0.3 is 19.8 Å². The van der Waals surface area contributed by atoms with E-state index in [-0.39, 0.29) is 28.7 Å². The minimum Gasteiger partial charge on any atom is -0.478 e. The van der Waals surface area contributed by atoms with Gasteiger partial charge in [-0.2, -0.15) is 13.2 Å². The molecule has 1 aliphatic heterocycles. The van der Waals surface area contributed by atoms with Gasteiger partial charge in [0, 0.05) is 24.2 Å². The Hall–Kier alpha value is -2.99. The van der Waals surface area contributed by atoms with Gasteiger partial charge in [0.05, 0.1) is 18.3 Å². The number of alkyl halides is 3. The normalized spacial score (nSPS) is 15.7. The topological polar surface area (TPSA) is 113 Å². The molecular weight excluding hydrogens is 450 g/mol. The molecule has 8 nitrogen and oxygen atoms in total. The zero-order valence-electron chi connectivity index (χ0n) is 15.9. The Labute approximate surface area is 178 Å². The van der Waals surface area contributed by atoms with E-state index in [1.807, 2.05) is 0 Å². The lowest BCUT2D eigenvalue weighted by atomic mass is 10.1. The highest BCUT2D eigenvalue weighted by molar-refractivity contribution is 6.30. The molecule has 1 atom stereocenters. The average molecular weight is 466 g/mol. The van der Waals surface area contributed by atoms with Crippen LogP contribution in [0.3, 0.4) is 0 Å². The van der Waals surface area contributed by atoms with Crippen LogP contribution >= 0.6 is 11.6 Å². The number of likely N-dealkylation sites (N-methyl/N-ethyl adjacent to an activating group) is 1. The number of hydrogen-bond acceptors (Lipinski definition) is 6. The Morgan fingerprint density at radius 3 is 2.39 bits per heavy atom. The monoisotopic (exact) mass is 465 g/mol. The lowest BCUT2D eigenvalue weighted by molar-refractivity contribution is -0.192. The Balaban J connectivity index is 0.000000423. The van der Waals surface area contributed by atoms with Crippen molar-refractivity contribution in [3.05, 3.63) is 40.7 Å². The summed E-state index contributed by atoms with van der Waals surface area (Å²) in [6, 6.07) is 5.35. The number of carboxylic acids is 2. The molecule has 0 saturated carbocycles. The molecule has 2 N–H and O–H groups in total. The largest absolute Gasteiger partial charge is 0.490 e. The van der Waals surface area contributed by atoms with E-state index in [1.54, 1.807) is 11.9 Å². The molecule has 13 heteroatoms. The van der Waals surface area contributed by atoms with Gasteiger partial charge in [0.2, 0.25) is 0 Å². The molecule has 0 amide bonds. The van der Waals surface area contributed by atoms with Crippen molar-refractivity contribution in [2.45, 2.75) is 18.6 Å². The van der Waals surface area contributed by atoms with Crippen molar-refractivity contribution in [3.63, 3.8) is 0 Å². The summed E-state index contributed by atoms with van der Waals surface area (Å²) in [6.45, 7) is 1.12. The van der Waals surface area contributed by atoms with E-state index in [4.69, 9.17) is 26.2 Å². The molecule has 2 aromatic rings. The van der Waals surface area contributed by atoms with E-state index in [1.165, 1.54) is 24.3 Å². The van der Waals surface area contributed by atoms with Gasteiger partial charge in [0.1, 0.15) is 11.4 Å². The van der Waals surface area contributed by atoms with Crippen LogP contribution in [-0.2, 0) is 9.53 Å². The highest BCUT2D eigenvalue weighted by atomic mass is 35.5. The Bertz CT molecular complexity index is 968. The standard InChI is InChI=1S/C16H15ClFN3O3.C2HF3O2/c1-21(10-4-5-24-8-10)15-12(16(22)23)7-14(19-20-15)11-6-9(17)2-3-13(11)18;3-2(4,5)1(6)7/h2-3,6-7,10H,4-5,8H2,1H3,(H,22,23);(H,6,7). The number of halogens is 5. The predicted octanol–water partition coefficient (Wildman–Crippen LogP) is 3.49. The molecular formula is C18H16ClF4N3O5. The van der Waals surface area contributed by atoms with Crippen LogP contribution in [0.2, 0.25) is 5.02 Å². The Kier molecular flexibility index (Phi) is 7.74. The number of carbonyl (C=O) groups is 2. The number of hydrogen-bond donors (Lipinski definition) is 2. The average Bonchev–Trinajstić information content (AvgIpc) is 3.23. The van der Waals surface area contributed by atoms with Crippen LogP contribution in [-0.4, -0.2) is 64.8 Å². The third kappa shape index (κ3) is 6.25. The molecule has 3 rings (SSSR count). The first kappa shape index (κ1) is 24.3. The number of benzene rings is 1. The van der Waals surface area contributed by atoms with Crippen LogP contribution in [0.15, 0.2) is 24.3 Å². The zero-order chi connectivity index (χ0) is 23.3. The van der Waals surface area contributed by atoms with Crippen LogP contribution in [0.25, 0.3) is 11.3 Å². The maximum absolute atomic E-state index is 14.0. The second-order valence-corrected chi connectivity index (χ2v) is 6.76. The molecule has 0 bridgehead atoms. The molecule has 0 aliphatic carbocycles. The van der Waals surface area contributed by atoms with Crippen molar-refractivity contribution in [1.29, 1.82) is 0 Å². The first-order valence-electron chi connectivity index (χ1n) is 8.59. The summed E-state index contributed by atoms with van der Waals surface area (Å²) in [5, 5.41) is 25.0. The third-order valence-electron chi connectivity index (χ3n) is 4.24. The zero-order valence-corrected chi connectivity index (χ0v) is 16.6. The maximum Gasteiger partial charge on any atom is 0.490 e. The van der Waals surface area contributed by atoms with Crippen molar-refractivity contribution in [2.24, 2.45) is 0 Å². The quantitative estimate of drug-likeness (QED) is 0.660. The van der Waals surface area contributed by atoms with Gasteiger partial charge in [0.15, 0.2) is 5.82 Å². The second-order valence-electron chi connectivity index (χ2n) is 6.33. The summed E-state index contributed by atoms with van der Waals surface area (Å²) < 4.78 is 51.0. The lowest BCUT2D eigenvalue weighted by Gasteiger charge is -2.25. The van der Waals surface area contributed by atoms with Gasteiger partial charge in [-0.1, -0.05) is 11.6 Å². The molecule has 1 aromatic carbocycles. The molecule has 1 fully saturated rings. The number of aromatic carboxylic acids is 1. The molecule has 1 unspecified atom stereocenters. The van der Waals surface area contributed by atoms with Gasteiger partial charge in [-0.05, 0) is 30.7 Å². The first-order valence-corrected chi connectivity index (χ1v) is 8.96. The van der Waals surface area contributed by atoms with E-state index in [0.29, 0.717) is 18.2 Å². The van der Waals surface area contributed by atoms with E-state index in [2.05, 4.69) is 10.2 Å². The van der Waals surface area contributed by atoms with E-state index in [9.17, 15) is 27.5 Å². The van der Waals surface area contributed by atoms with Gasteiger partial charge in [-0.15, -0.1) is 10.2 Å². The molecule has 1 aromatic heterocycles. The summed E-state index contributed by atoms with van der Waals surface area (Å²) in [6.07, 6.45) is -4.30. The van der Waals surface area contributed by atoms with E-state index < -0.39 is 23.9 Å². The number of aromatic nitrogens is 2. The smallest absolute Gasteiger partial charge is 0.478 e. The van der Waals surface area contributed by atoms with Crippen molar-refractivity contribution in [1.82, 2.24) is 10.2 Å². The third-order valence-corrected chi connectivity index (χ3v) is 4.47. The van der Waals surface area contributed by atoms with Crippen molar-refractivity contribution in [2.75, 3.05) is 25.2 Å². The van der Waals surface area contributed by atoms with Gasteiger partial charge >= 0.3 is 18.1 Å². The fourth-order valence-corrected chi connectivity index (χ4v) is 2.80. The lowest BCUT2D eigenvalue weighted by Crippen LogP contribution is -2.34. The van der Waals surface area contributed by atoms with Crippen LogP contribution in [0.4, 0.5) is 23.4 Å². The number of anilines is 1. The summed E-state index contributed by atoms with van der Waals surface area (Å²) in [5.74, 6) is -4.23. The highest BCUT2D eigenvalue weighted by Crippen LogP contribution is 2.28. The Morgan fingerprint density at radius 2 is 1.87 bits per heavy atom. The van der Waals surface area contributed by atoms with Crippen molar-refractivity contribution < 1.29 is 42.1 Å². The molecule has 31 heavy (non-hydrogen) atoms. The van der Waals surface area contributed by atoms with Crippen LogP contribution in [0, 0.1) is 5.82 Å². The first-order chi connectivity index (χ1) is 14.4. The van der Waals surface area contributed by atoms with Gasteiger partial charge in [-0.3, -0.25) is 0 Å².